The molecule has 0 bridgehead atoms. The molecule has 43 heavy (non-hydrogen) atoms. The summed E-state index contributed by atoms with van der Waals surface area (Å²) in [6.45, 7) is 3.10. The van der Waals surface area contributed by atoms with E-state index in [4.69, 9.17) is 0 Å². The zero-order valence-electron chi connectivity index (χ0n) is 23.2. The van der Waals surface area contributed by atoms with Gasteiger partial charge >= 0.3 is 6.18 Å². The normalized spacial score (nSPS) is 21.1. The molecule has 1 amide bonds. The maximum Gasteiger partial charge on any atom is 0.451 e. The van der Waals surface area contributed by atoms with Gasteiger partial charge in [-0.25, -0.2) is 24.3 Å². The highest BCUT2D eigenvalue weighted by molar-refractivity contribution is 5.92. The smallest absolute Gasteiger partial charge is 0.346 e. The van der Waals surface area contributed by atoms with Crippen molar-refractivity contribution in [3.05, 3.63) is 54.3 Å². The van der Waals surface area contributed by atoms with E-state index in [1.54, 1.807) is 9.80 Å². The Hall–Kier alpha value is -3.98. The molecule has 3 fully saturated rings. The zero-order chi connectivity index (χ0) is 29.7. The van der Waals surface area contributed by atoms with Crippen LogP contribution in [0.4, 0.5) is 17.6 Å². The molecule has 4 aromatic heterocycles. The topological polar surface area (TPSA) is 112 Å². The number of aromatic nitrogens is 7. The van der Waals surface area contributed by atoms with E-state index in [9.17, 15) is 22.4 Å². The first-order chi connectivity index (χ1) is 20.7. The summed E-state index contributed by atoms with van der Waals surface area (Å²) >= 11 is 0. The molecular weight excluding hydrogens is 568 g/mol. The predicted molar refractivity (Wildman–Crippen MR) is 146 cm³/mol. The third-order valence-corrected chi connectivity index (χ3v) is 8.61. The molecule has 7 rings (SSSR count). The molecular formula is C28H30F4N10O. The van der Waals surface area contributed by atoms with Crippen LogP contribution in [0, 0.1) is 0 Å². The van der Waals surface area contributed by atoms with Crippen molar-refractivity contribution in [3.8, 4) is 11.3 Å². The standard InChI is InChI=1S/C28H30F4N10O/c29-18-2-6-39(12-18)13-19-9-23(38-27(37-19)28(30,31)32)26(43)40-7-3-20(4-8-40)41-14-21(15-41)42-11-17(10-36-42)24-22-1-5-33-25(22)35-16-34-24/h1,5,9-11,16,18,20-21H,2-4,6-8,12-15H2,(H,33,34,35)/t18-/m0/s1. The predicted octanol–water partition coefficient (Wildman–Crippen LogP) is 3.34. The van der Waals surface area contributed by atoms with Crippen molar-refractivity contribution >= 4 is 16.9 Å². The minimum atomic E-state index is -4.79. The summed E-state index contributed by atoms with van der Waals surface area (Å²) in [5.74, 6) is -1.88. The molecule has 0 saturated carbocycles. The molecule has 11 nitrogen and oxygen atoms in total. The van der Waals surface area contributed by atoms with E-state index in [-0.39, 0.29) is 36.6 Å². The lowest BCUT2D eigenvalue weighted by molar-refractivity contribution is -0.145. The largest absolute Gasteiger partial charge is 0.451 e. The number of likely N-dealkylation sites (tertiary alicyclic amines) is 3. The number of H-pyrrole nitrogens is 1. The molecule has 3 aliphatic rings. The Morgan fingerprint density at radius 2 is 1.84 bits per heavy atom. The monoisotopic (exact) mass is 598 g/mol. The fraction of sp³-hybridized carbons (Fsp3) is 0.500. The molecule has 3 aliphatic heterocycles. The third-order valence-electron chi connectivity index (χ3n) is 8.61. The second-order valence-corrected chi connectivity index (χ2v) is 11.5. The number of alkyl halides is 4. The first-order valence-corrected chi connectivity index (χ1v) is 14.4. The average Bonchev–Trinajstić information content (AvgIpc) is 3.73. The highest BCUT2D eigenvalue weighted by Gasteiger charge is 2.39. The molecule has 226 valence electrons. The zero-order valence-corrected chi connectivity index (χ0v) is 23.2. The van der Waals surface area contributed by atoms with E-state index < -0.39 is 24.1 Å². The molecule has 15 heteroatoms. The summed E-state index contributed by atoms with van der Waals surface area (Å²) in [5.41, 5.74) is 2.32. The number of fused-ring (bicyclic) bond motifs is 1. The van der Waals surface area contributed by atoms with Crippen molar-refractivity contribution in [1.29, 1.82) is 0 Å². The summed E-state index contributed by atoms with van der Waals surface area (Å²) in [4.78, 5) is 37.9. The van der Waals surface area contributed by atoms with Crippen molar-refractivity contribution in [3.63, 3.8) is 0 Å². The van der Waals surface area contributed by atoms with E-state index in [0.717, 1.165) is 35.4 Å². The number of aromatic amines is 1. The fourth-order valence-corrected chi connectivity index (χ4v) is 6.28. The van der Waals surface area contributed by atoms with Crippen molar-refractivity contribution in [2.75, 3.05) is 39.3 Å². The minimum Gasteiger partial charge on any atom is -0.346 e. The summed E-state index contributed by atoms with van der Waals surface area (Å²) < 4.78 is 56.2. The molecule has 4 aromatic rings. The van der Waals surface area contributed by atoms with Crippen LogP contribution in [0.25, 0.3) is 22.3 Å². The van der Waals surface area contributed by atoms with Crippen LogP contribution in [0.3, 0.4) is 0 Å². The number of carbonyl (C=O) groups excluding carboxylic acids is 1. The SMILES string of the molecule is O=C(c1cc(CN2CC[C@H](F)C2)nc(C(F)(F)F)n1)N1CCC(N2CC(n3cc(-c4ncnc5[nH]ccc45)cn3)C2)CC1. The quantitative estimate of drug-likeness (QED) is 0.337. The van der Waals surface area contributed by atoms with Gasteiger partial charge in [-0.1, -0.05) is 0 Å². The number of rotatable bonds is 6. The number of carbonyl (C=O) groups is 1. The van der Waals surface area contributed by atoms with Crippen LogP contribution in [0.1, 0.15) is 47.3 Å². The van der Waals surface area contributed by atoms with Crippen LogP contribution in [0.15, 0.2) is 37.1 Å². The van der Waals surface area contributed by atoms with Crippen molar-refractivity contribution in [1.82, 2.24) is 49.4 Å². The van der Waals surface area contributed by atoms with Crippen LogP contribution in [0.5, 0.6) is 0 Å². The van der Waals surface area contributed by atoms with Gasteiger partial charge in [0.1, 0.15) is 23.8 Å². The van der Waals surface area contributed by atoms with Gasteiger partial charge in [0.25, 0.3) is 5.91 Å². The lowest BCUT2D eigenvalue weighted by Crippen LogP contribution is -2.56. The van der Waals surface area contributed by atoms with E-state index in [0.29, 0.717) is 38.9 Å². The minimum absolute atomic E-state index is 0.0395. The van der Waals surface area contributed by atoms with E-state index in [2.05, 4.69) is 34.9 Å². The van der Waals surface area contributed by atoms with Crippen LogP contribution in [-0.4, -0.2) is 107 Å². The van der Waals surface area contributed by atoms with Gasteiger partial charge in [-0.3, -0.25) is 19.3 Å². The lowest BCUT2D eigenvalue weighted by atomic mass is 9.97. The Labute approximate surface area is 243 Å². The van der Waals surface area contributed by atoms with Crippen molar-refractivity contribution in [2.24, 2.45) is 0 Å². The molecule has 0 unspecified atom stereocenters. The molecule has 0 aromatic carbocycles. The van der Waals surface area contributed by atoms with Gasteiger partial charge < -0.3 is 9.88 Å². The number of halogens is 4. The third kappa shape index (κ3) is 5.58. The highest BCUT2D eigenvalue weighted by Crippen LogP contribution is 2.31. The number of nitrogens with one attached hydrogen (secondary N) is 1. The Balaban J connectivity index is 0.959. The Morgan fingerprint density at radius 3 is 2.58 bits per heavy atom. The average molecular weight is 599 g/mol. The lowest BCUT2D eigenvalue weighted by Gasteiger charge is -2.47. The van der Waals surface area contributed by atoms with Crippen molar-refractivity contribution < 1.29 is 22.4 Å². The molecule has 0 radical (unpaired) electrons. The van der Waals surface area contributed by atoms with Gasteiger partial charge in [0.2, 0.25) is 5.82 Å². The van der Waals surface area contributed by atoms with Crippen LogP contribution in [-0.2, 0) is 12.7 Å². The van der Waals surface area contributed by atoms with Gasteiger partial charge in [0.15, 0.2) is 0 Å². The van der Waals surface area contributed by atoms with Crippen LogP contribution < -0.4 is 0 Å². The van der Waals surface area contributed by atoms with Crippen LogP contribution >= 0.6 is 0 Å². The van der Waals surface area contributed by atoms with Gasteiger partial charge in [0.05, 0.1) is 23.6 Å². The number of amides is 1. The molecule has 3 saturated heterocycles. The molecule has 1 atom stereocenters. The number of piperidine rings is 1. The highest BCUT2D eigenvalue weighted by atomic mass is 19.4. The molecule has 0 spiro atoms. The summed E-state index contributed by atoms with van der Waals surface area (Å²) in [6.07, 6.45) is 3.14. The second-order valence-electron chi connectivity index (χ2n) is 11.5. The van der Waals surface area contributed by atoms with E-state index >= 15 is 0 Å². The fourth-order valence-electron chi connectivity index (χ4n) is 6.28. The summed E-state index contributed by atoms with van der Waals surface area (Å²) in [5, 5.41) is 5.51. The first-order valence-electron chi connectivity index (χ1n) is 14.4. The Bertz CT molecular complexity index is 1620. The van der Waals surface area contributed by atoms with Gasteiger partial charge in [-0.05, 0) is 31.4 Å². The number of hydrogen-bond donors (Lipinski definition) is 1. The van der Waals surface area contributed by atoms with E-state index in [1.807, 2.05) is 29.3 Å². The number of hydrogen-bond acceptors (Lipinski definition) is 8. The molecule has 7 heterocycles. The van der Waals surface area contributed by atoms with Crippen LogP contribution in [0.2, 0.25) is 0 Å². The van der Waals surface area contributed by atoms with Gasteiger partial charge in [0, 0.05) is 75.2 Å². The maximum absolute atomic E-state index is 13.6. The van der Waals surface area contributed by atoms with Crippen molar-refractivity contribution in [2.45, 2.75) is 50.2 Å². The maximum atomic E-state index is 13.6. The first kappa shape index (κ1) is 27.8. The van der Waals surface area contributed by atoms with Gasteiger partial charge in [-0.15, -0.1) is 0 Å². The summed E-state index contributed by atoms with van der Waals surface area (Å²) in [6, 6.07) is 3.75. The molecule has 0 aliphatic carbocycles. The Kier molecular flexibility index (Phi) is 7.08. The second kappa shape index (κ2) is 10.9. The van der Waals surface area contributed by atoms with Gasteiger partial charge in [-0.2, -0.15) is 18.3 Å². The molecule has 1 N–H and O–H groups in total. The Morgan fingerprint density at radius 1 is 1.02 bits per heavy atom. The number of nitrogens with zero attached hydrogens (tertiary/aromatic N) is 9. The summed E-state index contributed by atoms with van der Waals surface area (Å²) in [7, 11) is 0. The van der Waals surface area contributed by atoms with E-state index in [1.165, 1.54) is 12.4 Å².